The molecule has 3 aliphatic rings. The van der Waals surface area contributed by atoms with Gasteiger partial charge in [-0.2, -0.15) is 0 Å². The monoisotopic (exact) mass is 414 g/mol. The first kappa shape index (κ1) is 18.8. The van der Waals surface area contributed by atoms with E-state index in [4.69, 9.17) is 14.7 Å². The Labute approximate surface area is 180 Å². The highest BCUT2D eigenvalue weighted by Gasteiger charge is 2.29. The standard InChI is InChI=1S/C25H26N4O2/c1-31-17-11-20(14-5-6-14)22-21(12-17)28-24(29-25(22)30)23-19-4-2-3-15(13-27-16-7-8-16)18(19)9-10-26-23/h2-4,11-12,14,16,27H,5-10,13H2,1H3,(H,28,29,30). The molecule has 2 aromatic carbocycles. The molecule has 0 saturated heterocycles. The number of ether oxygens (including phenoxy) is 1. The van der Waals surface area contributed by atoms with Crippen molar-refractivity contribution in [1.82, 2.24) is 15.3 Å². The minimum Gasteiger partial charge on any atom is -0.497 e. The Kier molecular flexibility index (Phi) is 4.42. The minimum atomic E-state index is -0.0917. The molecule has 2 heterocycles. The third kappa shape index (κ3) is 3.45. The van der Waals surface area contributed by atoms with Crippen LogP contribution < -0.4 is 15.6 Å². The molecule has 3 aromatic rings. The number of benzene rings is 2. The molecule has 2 aliphatic carbocycles. The highest BCUT2D eigenvalue weighted by Crippen LogP contribution is 2.43. The van der Waals surface area contributed by atoms with E-state index in [2.05, 4.69) is 28.5 Å². The lowest BCUT2D eigenvalue weighted by atomic mass is 9.92. The van der Waals surface area contributed by atoms with Gasteiger partial charge in [-0.25, -0.2) is 4.98 Å². The van der Waals surface area contributed by atoms with Crippen LogP contribution in [0.1, 0.15) is 59.7 Å². The first-order valence-corrected chi connectivity index (χ1v) is 11.2. The van der Waals surface area contributed by atoms with Gasteiger partial charge in [-0.05, 0) is 60.8 Å². The van der Waals surface area contributed by atoms with Crippen molar-refractivity contribution in [1.29, 1.82) is 0 Å². The van der Waals surface area contributed by atoms with Crippen molar-refractivity contribution in [2.45, 2.75) is 50.6 Å². The number of hydrogen-bond donors (Lipinski definition) is 2. The number of aliphatic imine (C=N–C) groups is 1. The summed E-state index contributed by atoms with van der Waals surface area (Å²) >= 11 is 0. The fraction of sp³-hybridized carbons (Fsp3) is 0.400. The molecule has 31 heavy (non-hydrogen) atoms. The molecule has 0 amide bonds. The smallest absolute Gasteiger partial charge is 0.259 e. The number of nitrogens with one attached hydrogen (secondary N) is 2. The number of H-pyrrole nitrogens is 1. The lowest BCUT2D eigenvalue weighted by Crippen LogP contribution is -2.24. The summed E-state index contributed by atoms with van der Waals surface area (Å²) in [4.78, 5) is 25.9. The molecule has 2 saturated carbocycles. The van der Waals surface area contributed by atoms with E-state index in [1.54, 1.807) is 7.11 Å². The van der Waals surface area contributed by atoms with Crippen molar-refractivity contribution >= 4 is 16.6 Å². The normalized spacial score (nSPS) is 18.0. The zero-order valence-corrected chi connectivity index (χ0v) is 17.7. The summed E-state index contributed by atoms with van der Waals surface area (Å²) in [6.07, 6.45) is 5.69. The van der Waals surface area contributed by atoms with E-state index in [1.807, 2.05) is 12.1 Å². The van der Waals surface area contributed by atoms with Crippen LogP contribution in [0.4, 0.5) is 0 Å². The van der Waals surface area contributed by atoms with Gasteiger partial charge in [0.2, 0.25) is 0 Å². The van der Waals surface area contributed by atoms with E-state index in [1.165, 1.54) is 24.0 Å². The van der Waals surface area contributed by atoms with Gasteiger partial charge < -0.3 is 15.0 Å². The van der Waals surface area contributed by atoms with E-state index < -0.39 is 0 Å². The molecule has 6 rings (SSSR count). The van der Waals surface area contributed by atoms with E-state index in [0.29, 0.717) is 35.2 Å². The summed E-state index contributed by atoms with van der Waals surface area (Å²) in [5.74, 6) is 1.72. The van der Waals surface area contributed by atoms with Crippen LogP contribution >= 0.6 is 0 Å². The van der Waals surface area contributed by atoms with Gasteiger partial charge in [-0.3, -0.25) is 9.79 Å². The fourth-order valence-corrected chi connectivity index (χ4v) is 4.65. The van der Waals surface area contributed by atoms with Crippen LogP contribution in [0.15, 0.2) is 40.1 Å². The number of hydrogen-bond acceptors (Lipinski definition) is 5. The first-order valence-electron chi connectivity index (χ1n) is 11.2. The van der Waals surface area contributed by atoms with Crippen molar-refractivity contribution in [3.63, 3.8) is 0 Å². The van der Waals surface area contributed by atoms with E-state index >= 15 is 0 Å². The lowest BCUT2D eigenvalue weighted by molar-refractivity contribution is 0.415. The molecular formula is C25H26N4O2. The number of aromatic amines is 1. The van der Waals surface area contributed by atoms with Crippen molar-refractivity contribution in [3.8, 4) is 5.75 Å². The van der Waals surface area contributed by atoms with Gasteiger partial charge in [0.1, 0.15) is 11.5 Å². The minimum absolute atomic E-state index is 0.0917. The van der Waals surface area contributed by atoms with Gasteiger partial charge in [0.05, 0.1) is 18.0 Å². The Balaban J connectivity index is 1.45. The van der Waals surface area contributed by atoms with Crippen LogP contribution in [-0.4, -0.2) is 35.4 Å². The van der Waals surface area contributed by atoms with E-state index in [0.717, 1.165) is 48.4 Å². The highest BCUT2D eigenvalue weighted by molar-refractivity contribution is 6.12. The summed E-state index contributed by atoms with van der Waals surface area (Å²) < 4.78 is 5.50. The predicted octanol–water partition coefficient (Wildman–Crippen LogP) is 3.45. The van der Waals surface area contributed by atoms with Crippen molar-refractivity contribution in [2.75, 3.05) is 13.7 Å². The fourth-order valence-electron chi connectivity index (χ4n) is 4.65. The topological polar surface area (TPSA) is 79.4 Å². The summed E-state index contributed by atoms with van der Waals surface area (Å²) in [5.41, 5.74) is 6.13. The third-order valence-electron chi connectivity index (χ3n) is 6.61. The maximum Gasteiger partial charge on any atom is 0.259 e. The number of fused-ring (bicyclic) bond motifs is 2. The lowest BCUT2D eigenvalue weighted by Gasteiger charge is -2.20. The van der Waals surface area contributed by atoms with Crippen LogP contribution in [0.25, 0.3) is 10.9 Å². The van der Waals surface area contributed by atoms with E-state index in [9.17, 15) is 4.79 Å². The number of aromatic nitrogens is 2. The predicted molar refractivity (Wildman–Crippen MR) is 121 cm³/mol. The Morgan fingerprint density at radius 1 is 1.19 bits per heavy atom. The van der Waals surface area contributed by atoms with Gasteiger partial charge in [0, 0.05) is 30.8 Å². The first-order chi connectivity index (χ1) is 15.2. The molecule has 1 aliphatic heterocycles. The number of rotatable bonds is 6. The number of nitrogens with zero attached hydrogens (tertiary/aromatic N) is 2. The Hall–Kier alpha value is -2.99. The Bertz CT molecular complexity index is 1270. The average molecular weight is 415 g/mol. The molecule has 0 unspecified atom stereocenters. The van der Waals surface area contributed by atoms with Gasteiger partial charge in [-0.1, -0.05) is 18.2 Å². The van der Waals surface area contributed by atoms with Crippen LogP contribution in [-0.2, 0) is 13.0 Å². The summed E-state index contributed by atoms with van der Waals surface area (Å²) in [6.45, 7) is 1.58. The second kappa shape index (κ2) is 7.31. The van der Waals surface area contributed by atoms with Gasteiger partial charge in [0.15, 0.2) is 5.82 Å². The van der Waals surface area contributed by atoms with Gasteiger partial charge in [-0.15, -0.1) is 0 Å². The molecule has 2 fully saturated rings. The maximum atomic E-state index is 13.2. The van der Waals surface area contributed by atoms with Crippen molar-refractivity contribution < 1.29 is 4.74 Å². The molecule has 0 atom stereocenters. The molecule has 6 nitrogen and oxygen atoms in total. The molecular weight excluding hydrogens is 388 g/mol. The van der Waals surface area contributed by atoms with Crippen LogP contribution in [0, 0.1) is 0 Å². The van der Waals surface area contributed by atoms with E-state index in [-0.39, 0.29) is 5.56 Å². The van der Waals surface area contributed by atoms with Gasteiger partial charge >= 0.3 is 0 Å². The molecule has 6 heteroatoms. The summed E-state index contributed by atoms with van der Waals surface area (Å²) in [6, 6.07) is 10.9. The van der Waals surface area contributed by atoms with Crippen molar-refractivity contribution in [2.24, 2.45) is 4.99 Å². The average Bonchev–Trinajstić information content (AvgIpc) is 3.70. The van der Waals surface area contributed by atoms with Gasteiger partial charge in [0.25, 0.3) is 5.56 Å². The Morgan fingerprint density at radius 2 is 2.06 bits per heavy atom. The Morgan fingerprint density at radius 3 is 2.84 bits per heavy atom. The molecule has 0 spiro atoms. The van der Waals surface area contributed by atoms with Crippen LogP contribution in [0.2, 0.25) is 0 Å². The van der Waals surface area contributed by atoms with Crippen molar-refractivity contribution in [3.05, 3.63) is 68.8 Å². The second-order valence-corrected chi connectivity index (χ2v) is 8.88. The highest BCUT2D eigenvalue weighted by atomic mass is 16.5. The van der Waals surface area contributed by atoms with Crippen LogP contribution in [0.3, 0.4) is 0 Å². The molecule has 2 N–H and O–H groups in total. The number of methoxy groups -OCH3 is 1. The zero-order chi connectivity index (χ0) is 20.9. The zero-order valence-electron chi connectivity index (χ0n) is 17.7. The summed E-state index contributed by atoms with van der Waals surface area (Å²) in [7, 11) is 1.66. The molecule has 1 aromatic heterocycles. The quantitative estimate of drug-likeness (QED) is 0.648. The third-order valence-corrected chi connectivity index (χ3v) is 6.61. The largest absolute Gasteiger partial charge is 0.497 e. The summed E-state index contributed by atoms with van der Waals surface area (Å²) in [5, 5.41) is 4.31. The molecule has 0 radical (unpaired) electrons. The van der Waals surface area contributed by atoms with Crippen LogP contribution in [0.5, 0.6) is 5.75 Å². The maximum absolute atomic E-state index is 13.2. The molecule has 0 bridgehead atoms. The molecule has 158 valence electrons. The SMILES string of the molecule is COc1cc(C2CC2)c2c(=O)[nH]c(C3=NCCc4c(CNC5CC5)cccc43)nc2c1. The second-order valence-electron chi connectivity index (χ2n) is 8.88.